The Morgan fingerprint density at radius 2 is 2.30 bits per heavy atom. The van der Waals surface area contributed by atoms with E-state index < -0.39 is 0 Å². The first-order valence-corrected chi connectivity index (χ1v) is 7.29. The van der Waals surface area contributed by atoms with Gasteiger partial charge < -0.3 is 15.2 Å². The van der Waals surface area contributed by atoms with Crippen LogP contribution in [0.25, 0.3) is 0 Å². The van der Waals surface area contributed by atoms with Crippen molar-refractivity contribution >= 4 is 15.9 Å². The Morgan fingerprint density at radius 1 is 1.40 bits per heavy atom. The summed E-state index contributed by atoms with van der Waals surface area (Å²) >= 11 is 3.53. The first-order chi connectivity index (χ1) is 9.79. The molecule has 6 heteroatoms. The van der Waals surface area contributed by atoms with Crippen molar-refractivity contribution in [3.8, 4) is 5.75 Å². The van der Waals surface area contributed by atoms with Gasteiger partial charge in [-0.1, -0.05) is 22.0 Å². The molecule has 108 valence electrons. The highest BCUT2D eigenvalue weighted by atomic mass is 79.9. The standard InChI is InChI=1S/C14H18BrN3O2/c15-14-10-13(20-9-8-19)3-2-12(14)11-16-5-7-18-6-1-4-17-18/h1-4,6,10,16,19H,5,7-9,11H2. The zero-order chi connectivity index (χ0) is 14.2. The van der Waals surface area contributed by atoms with Crippen molar-refractivity contribution < 1.29 is 9.84 Å². The fourth-order valence-electron chi connectivity index (χ4n) is 1.77. The number of aliphatic hydroxyl groups is 1. The number of nitrogens with zero attached hydrogens (tertiary/aromatic N) is 2. The molecule has 0 aliphatic rings. The van der Waals surface area contributed by atoms with Crippen molar-refractivity contribution in [3.05, 3.63) is 46.7 Å². The molecule has 1 aromatic carbocycles. The van der Waals surface area contributed by atoms with Crippen LogP contribution in [0.15, 0.2) is 41.1 Å². The highest BCUT2D eigenvalue weighted by Gasteiger charge is 2.02. The maximum absolute atomic E-state index is 8.72. The van der Waals surface area contributed by atoms with Crippen LogP contribution >= 0.6 is 15.9 Å². The highest BCUT2D eigenvalue weighted by Crippen LogP contribution is 2.23. The fourth-order valence-corrected chi connectivity index (χ4v) is 2.27. The highest BCUT2D eigenvalue weighted by molar-refractivity contribution is 9.10. The van der Waals surface area contributed by atoms with E-state index in [1.165, 1.54) is 5.56 Å². The smallest absolute Gasteiger partial charge is 0.120 e. The summed E-state index contributed by atoms with van der Waals surface area (Å²) in [5.41, 5.74) is 1.17. The molecule has 0 aliphatic heterocycles. The van der Waals surface area contributed by atoms with E-state index in [4.69, 9.17) is 9.84 Å². The minimum Gasteiger partial charge on any atom is -0.491 e. The summed E-state index contributed by atoms with van der Waals surface area (Å²) < 4.78 is 8.25. The van der Waals surface area contributed by atoms with E-state index >= 15 is 0 Å². The molecule has 2 aromatic rings. The zero-order valence-corrected chi connectivity index (χ0v) is 12.7. The molecule has 1 heterocycles. The van der Waals surface area contributed by atoms with Gasteiger partial charge in [-0.25, -0.2) is 0 Å². The van der Waals surface area contributed by atoms with Crippen molar-refractivity contribution in [2.75, 3.05) is 19.8 Å². The van der Waals surface area contributed by atoms with Gasteiger partial charge in [-0.3, -0.25) is 4.68 Å². The number of hydrogen-bond acceptors (Lipinski definition) is 4. The number of ether oxygens (including phenoxy) is 1. The third-order valence-corrected chi connectivity index (χ3v) is 3.52. The summed E-state index contributed by atoms with van der Waals surface area (Å²) in [7, 11) is 0. The molecule has 1 aromatic heterocycles. The van der Waals surface area contributed by atoms with Gasteiger partial charge >= 0.3 is 0 Å². The molecule has 0 atom stereocenters. The van der Waals surface area contributed by atoms with E-state index in [0.717, 1.165) is 29.9 Å². The Kier molecular flexibility index (Phi) is 6.04. The number of aromatic nitrogens is 2. The average molecular weight is 340 g/mol. The van der Waals surface area contributed by atoms with E-state index in [-0.39, 0.29) is 6.61 Å². The van der Waals surface area contributed by atoms with Crippen molar-refractivity contribution in [2.24, 2.45) is 0 Å². The van der Waals surface area contributed by atoms with Crippen LogP contribution in [0.3, 0.4) is 0 Å². The summed E-state index contributed by atoms with van der Waals surface area (Å²) in [6.45, 7) is 2.82. The molecule has 0 fully saturated rings. The van der Waals surface area contributed by atoms with Crippen molar-refractivity contribution in [2.45, 2.75) is 13.1 Å². The molecule has 0 amide bonds. The Morgan fingerprint density at radius 3 is 3.00 bits per heavy atom. The fraction of sp³-hybridized carbons (Fsp3) is 0.357. The Balaban J connectivity index is 1.77. The van der Waals surface area contributed by atoms with Crippen LogP contribution < -0.4 is 10.1 Å². The number of hydrogen-bond donors (Lipinski definition) is 2. The van der Waals surface area contributed by atoms with Gasteiger partial charge in [-0.05, 0) is 23.8 Å². The summed E-state index contributed by atoms with van der Waals surface area (Å²) in [6, 6.07) is 7.75. The predicted octanol–water partition coefficient (Wildman–Crippen LogP) is 1.81. The predicted molar refractivity (Wildman–Crippen MR) is 80.7 cm³/mol. The molecule has 20 heavy (non-hydrogen) atoms. The van der Waals surface area contributed by atoms with E-state index in [0.29, 0.717) is 6.61 Å². The molecule has 0 radical (unpaired) electrons. The minimum absolute atomic E-state index is 0.0222. The van der Waals surface area contributed by atoms with Gasteiger partial charge in [0, 0.05) is 30.0 Å². The quantitative estimate of drug-likeness (QED) is 0.720. The number of halogens is 1. The number of benzene rings is 1. The molecular formula is C14H18BrN3O2. The van der Waals surface area contributed by atoms with E-state index in [1.807, 2.05) is 35.1 Å². The Hall–Kier alpha value is -1.37. The van der Waals surface area contributed by atoms with Crippen molar-refractivity contribution in [1.82, 2.24) is 15.1 Å². The van der Waals surface area contributed by atoms with Crippen LogP contribution in [0.1, 0.15) is 5.56 Å². The van der Waals surface area contributed by atoms with Crippen molar-refractivity contribution in [1.29, 1.82) is 0 Å². The molecule has 5 nitrogen and oxygen atoms in total. The molecule has 0 aliphatic carbocycles. The largest absolute Gasteiger partial charge is 0.491 e. The zero-order valence-electron chi connectivity index (χ0n) is 11.1. The molecule has 0 saturated heterocycles. The van der Waals surface area contributed by atoms with Gasteiger partial charge in [0.15, 0.2) is 0 Å². The van der Waals surface area contributed by atoms with Crippen LogP contribution in [0.2, 0.25) is 0 Å². The number of rotatable bonds is 8. The normalized spacial score (nSPS) is 10.7. The first kappa shape index (κ1) is 15.0. The lowest BCUT2D eigenvalue weighted by Crippen LogP contribution is -2.19. The Bertz CT molecular complexity index is 517. The summed E-state index contributed by atoms with van der Waals surface area (Å²) in [6.07, 6.45) is 3.73. The molecule has 0 unspecified atom stereocenters. The van der Waals surface area contributed by atoms with Crippen molar-refractivity contribution in [3.63, 3.8) is 0 Å². The van der Waals surface area contributed by atoms with Gasteiger partial charge in [0.25, 0.3) is 0 Å². The third kappa shape index (κ3) is 4.63. The van der Waals surface area contributed by atoms with Gasteiger partial charge in [0.05, 0.1) is 13.2 Å². The molecular weight excluding hydrogens is 322 g/mol. The van der Waals surface area contributed by atoms with Crippen LogP contribution in [-0.2, 0) is 13.1 Å². The van der Waals surface area contributed by atoms with Crippen LogP contribution in [0.5, 0.6) is 5.75 Å². The van der Waals surface area contributed by atoms with Crippen LogP contribution in [-0.4, -0.2) is 34.6 Å². The van der Waals surface area contributed by atoms with Gasteiger partial charge in [0.1, 0.15) is 12.4 Å². The summed E-state index contributed by atoms with van der Waals surface area (Å²) in [5.74, 6) is 0.756. The molecule has 2 N–H and O–H groups in total. The monoisotopic (exact) mass is 339 g/mol. The second kappa shape index (κ2) is 8.04. The van der Waals surface area contributed by atoms with E-state index in [1.54, 1.807) is 6.20 Å². The molecule has 0 bridgehead atoms. The second-order valence-electron chi connectivity index (χ2n) is 4.27. The number of aliphatic hydroxyl groups excluding tert-OH is 1. The third-order valence-electron chi connectivity index (χ3n) is 2.78. The molecule has 0 saturated carbocycles. The topological polar surface area (TPSA) is 59.3 Å². The van der Waals surface area contributed by atoms with Crippen LogP contribution in [0, 0.1) is 0 Å². The maximum Gasteiger partial charge on any atom is 0.120 e. The lowest BCUT2D eigenvalue weighted by Gasteiger charge is -2.10. The minimum atomic E-state index is 0.0222. The summed E-state index contributed by atoms with van der Waals surface area (Å²) in [5, 5.41) is 16.2. The van der Waals surface area contributed by atoms with Crippen LogP contribution in [0.4, 0.5) is 0 Å². The van der Waals surface area contributed by atoms with Gasteiger partial charge in [-0.2, -0.15) is 5.10 Å². The second-order valence-corrected chi connectivity index (χ2v) is 5.13. The van der Waals surface area contributed by atoms with Gasteiger partial charge in [0.2, 0.25) is 0 Å². The first-order valence-electron chi connectivity index (χ1n) is 6.50. The SMILES string of the molecule is OCCOc1ccc(CNCCn2cccn2)c(Br)c1. The van der Waals surface area contributed by atoms with Gasteiger partial charge in [-0.15, -0.1) is 0 Å². The summed E-state index contributed by atoms with van der Waals surface area (Å²) in [4.78, 5) is 0. The van der Waals surface area contributed by atoms with E-state index in [9.17, 15) is 0 Å². The number of nitrogens with one attached hydrogen (secondary N) is 1. The lowest BCUT2D eigenvalue weighted by molar-refractivity contribution is 0.201. The Labute approximate surface area is 126 Å². The average Bonchev–Trinajstić information content (AvgIpc) is 2.96. The molecule has 2 rings (SSSR count). The van der Waals surface area contributed by atoms with E-state index in [2.05, 4.69) is 26.3 Å². The lowest BCUT2D eigenvalue weighted by atomic mass is 10.2. The maximum atomic E-state index is 8.72. The molecule has 0 spiro atoms.